The molecule has 1 amide bonds. The van der Waals surface area contributed by atoms with E-state index in [9.17, 15) is 4.79 Å². The molecule has 0 saturated carbocycles. The van der Waals surface area contributed by atoms with Gasteiger partial charge >= 0.3 is 0 Å². The Kier molecular flexibility index (Phi) is 6.28. The van der Waals surface area contributed by atoms with E-state index in [0.717, 1.165) is 11.4 Å². The van der Waals surface area contributed by atoms with Gasteiger partial charge < -0.3 is 14.7 Å². The number of nitrogens with one attached hydrogen (secondary N) is 1. The molecule has 4 aromatic rings. The fraction of sp³-hybridized carbons (Fsp3) is 0.154. The first kappa shape index (κ1) is 21.7. The lowest BCUT2D eigenvalue weighted by Crippen LogP contribution is -2.25. The number of nitrogens with zero attached hydrogens (tertiary/aromatic N) is 2. The van der Waals surface area contributed by atoms with Crippen molar-refractivity contribution in [2.24, 2.45) is 0 Å². The normalized spacial score (nSPS) is 10.9. The average Bonchev–Trinajstić information content (AvgIpc) is 3.17. The van der Waals surface area contributed by atoms with Crippen LogP contribution in [-0.4, -0.2) is 17.1 Å². The summed E-state index contributed by atoms with van der Waals surface area (Å²) >= 11 is 6.31. The van der Waals surface area contributed by atoms with Gasteiger partial charge in [0.25, 0.3) is 5.91 Å². The molecule has 0 aliphatic carbocycles. The molecule has 6 heteroatoms. The van der Waals surface area contributed by atoms with E-state index in [1.807, 2.05) is 60.7 Å². The highest BCUT2D eigenvalue weighted by Crippen LogP contribution is 2.32. The van der Waals surface area contributed by atoms with Gasteiger partial charge in [0, 0.05) is 28.7 Å². The number of para-hydroxylation sites is 1. The summed E-state index contributed by atoms with van der Waals surface area (Å²) in [5.41, 5.74) is 4.29. The minimum absolute atomic E-state index is 0.274. The highest BCUT2D eigenvalue weighted by molar-refractivity contribution is 6.33. The van der Waals surface area contributed by atoms with Gasteiger partial charge in [0.05, 0.1) is 5.02 Å². The van der Waals surface area contributed by atoms with Crippen molar-refractivity contribution >= 4 is 34.6 Å². The van der Waals surface area contributed by atoms with Crippen molar-refractivity contribution < 1.29 is 9.32 Å². The summed E-state index contributed by atoms with van der Waals surface area (Å²) in [6, 6.07) is 25.5. The molecule has 0 atom stereocenters. The van der Waals surface area contributed by atoms with Crippen LogP contribution in [-0.2, 0) is 0 Å². The van der Waals surface area contributed by atoms with Crippen LogP contribution in [0.2, 0.25) is 5.02 Å². The van der Waals surface area contributed by atoms with Crippen LogP contribution in [0, 0.1) is 6.92 Å². The van der Waals surface area contributed by atoms with Crippen LogP contribution < -0.4 is 10.2 Å². The zero-order valence-corrected chi connectivity index (χ0v) is 18.9. The molecule has 0 unspecified atom stereocenters. The molecule has 1 aromatic heterocycles. The molecule has 0 bridgehead atoms. The van der Waals surface area contributed by atoms with Crippen molar-refractivity contribution in [1.29, 1.82) is 0 Å². The predicted molar refractivity (Wildman–Crippen MR) is 130 cm³/mol. The molecule has 1 heterocycles. The van der Waals surface area contributed by atoms with Gasteiger partial charge in [-0.3, -0.25) is 4.79 Å². The van der Waals surface area contributed by atoms with Crippen molar-refractivity contribution in [2.45, 2.75) is 26.8 Å². The summed E-state index contributed by atoms with van der Waals surface area (Å²) < 4.78 is 5.31. The topological polar surface area (TPSA) is 58.4 Å². The van der Waals surface area contributed by atoms with Crippen LogP contribution in [0.25, 0.3) is 11.3 Å². The number of rotatable bonds is 6. The first-order valence-electron chi connectivity index (χ1n) is 10.4. The molecule has 1 N–H and O–H groups in total. The maximum Gasteiger partial charge on any atom is 0.261 e. The number of hydrogen-bond donors (Lipinski definition) is 1. The van der Waals surface area contributed by atoms with Crippen molar-refractivity contribution in [3.05, 3.63) is 95.2 Å². The van der Waals surface area contributed by atoms with Gasteiger partial charge in [-0.25, -0.2) is 0 Å². The van der Waals surface area contributed by atoms with E-state index in [1.54, 1.807) is 13.0 Å². The Morgan fingerprint density at radius 2 is 1.56 bits per heavy atom. The Morgan fingerprint density at radius 3 is 2.22 bits per heavy atom. The number of halogens is 1. The van der Waals surface area contributed by atoms with Gasteiger partial charge in [-0.05, 0) is 63.2 Å². The number of anilines is 3. The largest absolute Gasteiger partial charge is 0.360 e. The summed E-state index contributed by atoms with van der Waals surface area (Å²) in [6.45, 7) is 6.01. The van der Waals surface area contributed by atoms with Crippen LogP contribution in [0.15, 0.2) is 83.4 Å². The number of aryl methyl sites for hydroxylation is 1. The van der Waals surface area contributed by atoms with E-state index >= 15 is 0 Å². The third-order valence-electron chi connectivity index (χ3n) is 5.17. The highest BCUT2D eigenvalue weighted by Gasteiger charge is 2.23. The minimum atomic E-state index is -0.296. The summed E-state index contributed by atoms with van der Waals surface area (Å²) in [4.78, 5) is 15.3. The Balaban J connectivity index is 1.58. The Morgan fingerprint density at radius 1 is 0.938 bits per heavy atom. The van der Waals surface area contributed by atoms with Gasteiger partial charge in [0.2, 0.25) is 0 Å². The lowest BCUT2D eigenvalue weighted by molar-refractivity contribution is 0.102. The molecule has 0 fully saturated rings. The van der Waals surface area contributed by atoms with E-state index in [0.29, 0.717) is 33.3 Å². The summed E-state index contributed by atoms with van der Waals surface area (Å²) in [5, 5.41) is 7.53. The number of carbonyl (C=O) groups excluding carboxylic acids is 1. The van der Waals surface area contributed by atoms with E-state index in [2.05, 4.69) is 41.4 Å². The van der Waals surface area contributed by atoms with Gasteiger partial charge in [0.15, 0.2) is 0 Å². The van der Waals surface area contributed by atoms with Crippen LogP contribution in [0.1, 0.15) is 30.0 Å². The first-order chi connectivity index (χ1) is 15.5. The lowest BCUT2D eigenvalue weighted by atomic mass is 10.1. The van der Waals surface area contributed by atoms with Crippen LogP contribution in [0.3, 0.4) is 0 Å². The summed E-state index contributed by atoms with van der Waals surface area (Å²) in [7, 11) is 0. The molecule has 3 aromatic carbocycles. The molecule has 4 rings (SSSR count). The average molecular weight is 446 g/mol. The monoisotopic (exact) mass is 445 g/mol. The molecular formula is C26H24ClN3O2. The van der Waals surface area contributed by atoms with Gasteiger partial charge in [-0.1, -0.05) is 53.2 Å². The zero-order chi connectivity index (χ0) is 22.7. The molecule has 162 valence electrons. The SMILES string of the molecule is Cc1onc(-c2ccccc2Cl)c1C(=O)Nc1ccc(N(c2ccccc2)C(C)C)cc1. The lowest BCUT2D eigenvalue weighted by Gasteiger charge is -2.29. The van der Waals surface area contributed by atoms with Gasteiger partial charge in [-0.2, -0.15) is 0 Å². The third-order valence-corrected chi connectivity index (χ3v) is 5.50. The van der Waals surface area contributed by atoms with E-state index in [-0.39, 0.29) is 11.9 Å². The molecule has 5 nitrogen and oxygen atoms in total. The standard InChI is InChI=1S/C26H24ClN3O2/c1-17(2)30(20-9-5-4-6-10-20)21-15-13-19(14-16-21)28-26(31)24-18(3)32-29-25(24)22-11-7-8-12-23(22)27/h4-17H,1-3H3,(H,28,31). The van der Waals surface area contributed by atoms with E-state index in [4.69, 9.17) is 16.1 Å². The quantitative estimate of drug-likeness (QED) is 0.343. The fourth-order valence-corrected chi connectivity index (χ4v) is 3.93. The van der Waals surface area contributed by atoms with E-state index < -0.39 is 0 Å². The zero-order valence-electron chi connectivity index (χ0n) is 18.2. The van der Waals surface area contributed by atoms with Gasteiger partial charge in [0.1, 0.15) is 17.0 Å². The summed E-state index contributed by atoms with van der Waals surface area (Å²) in [5.74, 6) is 0.138. The Bertz CT molecular complexity index is 1220. The molecule has 0 spiro atoms. The predicted octanol–water partition coefficient (Wildman–Crippen LogP) is 7.10. The van der Waals surface area contributed by atoms with Crippen LogP contribution in [0.5, 0.6) is 0 Å². The van der Waals surface area contributed by atoms with Crippen LogP contribution >= 0.6 is 11.6 Å². The van der Waals surface area contributed by atoms with E-state index in [1.165, 1.54) is 0 Å². The summed E-state index contributed by atoms with van der Waals surface area (Å²) in [6.07, 6.45) is 0. The first-order valence-corrected chi connectivity index (χ1v) is 10.8. The molecule has 32 heavy (non-hydrogen) atoms. The number of carbonyl (C=O) groups is 1. The Labute approximate surface area is 192 Å². The number of hydrogen-bond acceptors (Lipinski definition) is 4. The Hall–Kier alpha value is -3.57. The third kappa shape index (κ3) is 4.39. The number of benzene rings is 3. The smallest absolute Gasteiger partial charge is 0.261 e. The maximum absolute atomic E-state index is 13.1. The number of amides is 1. The van der Waals surface area contributed by atoms with Crippen molar-refractivity contribution in [2.75, 3.05) is 10.2 Å². The molecule has 0 aliphatic rings. The van der Waals surface area contributed by atoms with Gasteiger partial charge in [-0.15, -0.1) is 0 Å². The second kappa shape index (κ2) is 9.28. The number of aromatic nitrogens is 1. The molecule has 0 saturated heterocycles. The second-order valence-corrected chi connectivity index (χ2v) is 8.15. The van der Waals surface area contributed by atoms with Crippen molar-refractivity contribution in [3.8, 4) is 11.3 Å². The van der Waals surface area contributed by atoms with Crippen molar-refractivity contribution in [1.82, 2.24) is 5.16 Å². The highest BCUT2D eigenvalue weighted by atomic mass is 35.5. The van der Waals surface area contributed by atoms with Crippen molar-refractivity contribution in [3.63, 3.8) is 0 Å². The molecule has 0 aliphatic heterocycles. The second-order valence-electron chi connectivity index (χ2n) is 7.74. The molecule has 0 radical (unpaired) electrons. The fourth-order valence-electron chi connectivity index (χ4n) is 3.71. The van der Waals surface area contributed by atoms with Crippen LogP contribution in [0.4, 0.5) is 17.1 Å². The molecular weight excluding hydrogens is 422 g/mol. The minimum Gasteiger partial charge on any atom is -0.360 e. The maximum atomic E-state index is 13.1.